The van der Waals surface area contributed by atoms with Crippen molar-refractivity contribution in [3.63, 3.8) is 0 Å². The lowest BCUT2D eigenvalue weighted by Gasteiger charge is -2.26. The topological polar surface area (TPSA) is 23.6 Å². The van der Waals surface area contributed by atoms with Crippen LogP contribution in [-0.2, 0) is 4.79 Å². The first kappa shape index (κ1) is 13.5. The van der Waals surface area contributed by atoms with Gasteiger partial charge in [0.25, 0.3) is 0 Å². The summed E-state index contributed by atoms with van der Waals surface area (Å²) in [6.07, 6.45) is 1.54. The molecule has 0 unspecified atom stereocenters. The van der Waals surface area contributed by atoms with E-state index in [0.29, 0.717) is 12.1 Å². The smallest absolute Gasteiger partial charge is 0.244 e. The Balaban J connectivity index is 1.93. The van der Waals surface area contributed by atoms with Crippen LogP contribution in [0.5, 0.6) is 0 Å². The van der Waals surface area contributed by atoms with E-state index in [2.05, 4.69) is 0 Å². The van der Waals surface area contributed by atoms with Gasteiger partial charge in [-0.3, -0.25) is 9.80 Å². The van der Waals surface area contributed by atoms with E-state index in [9.17, 15) is 13.6 Å². The summed E-state index contributed by atoms with van der Waals surface area (Å²) in [5.41, 5.74) is 0.303. The van der Waals surface area contributed by atoms with E-state index in [0.717, 1.165) is 25.5 Å². The highest BCUT2D eigenvalue weighted by Crippen LogP contribution is 2.43. The molecule has 3 nitrogen and oxygen atoms in total. The zero-order chi connectivity index (χ0) is 14.5. The van der Waals surface area contributed by atoms with Crippen LogP contribution >= 0.6 is 0 Å². The molecule has 0 saturated carbocycles. The summed E-state index contributed by atoms with van der Waals surface area (Å²) >= 11 is 0. The van der Waals surface area contributed by atoms with Crippen LogP contribution in [0.4, 0.5) is 8.78 Å². The highest BCUT2D eigenvalue weighted by molar-refractivity contribution is 5.84. The molecule has 3 rings (SSSR count). The van der Waals surface area contributed by atoms with Crippen LogP contribution < -0.4 is 0 Å². The van der Waals surface area contributed by atoms with Gasteiger partial charge in [-0.05, 0) is 37.5 Å². The van der Waals surface area contributed by atoms with Crippen molar-refractivity contribution in [1.29, 1.82) is 0 Å². The average Bonchev–Trinajstić information content (AvgIpc) is 2.93. The van der Waals surface area contributed by atoms with Crippen molar-refractivity contribution in [1.82, 2.24) is 10.0 Å². The van der Waals surface area contributed by atoms with E-state index in [1.54, 1.807) is 11.1 Å². The van der Waals surface area contributed by atoms with Gasteiger partial charge in [0, 0.05) is 13.1 Å². The number of amides is 1. The second-order valence-corrected chi connectivity index (χ2v) is 5.93. The van der Waals surface area contributed by atoms with Crippen LogP contribution in [0.25, 0.3) is 0 Å². The third-order valence-corrected chi connectivity index (χ3v) is 4.63. The molecule has 0 radical (unpaired) electrons. The third kappa shape index (κ3) is 1.84. The van der Waals surface area contributed by atoms with Crippen molar-refractivity contribution in [3.8, 4) is 0 Å². The minimum absolute atomic E-state index is 0.0900. The Morgan fingerprint density at radius 1 is 1.35 bits per heavy atom. The highest BCUT2D eigenvalue weighted by Gasteiger charge is 2.51. The van der Waals surface area contributed by atoms with Gasteiger partial charge in [0.2, 0.25) is 5.91 Å². The van der Waals surface area contributed by atoms with Gasteiger partial charge < -0.3 is 0 Å². The minimum atomic E-state index is -0.856. The Labute approximate surface area is 117 Å². The molecule has 1 aromatic rings. The summed E-state index contributed by atoms with van der Waals surface area (Å²) in [7, 11) is 0. The molecule has 2 saturated heterocycles. The van der Waals surface area contributed by atoms with E-state index in [1.807, 2.05) is 18.9 Å². The molecule has 0 N–H and O–H groups in total. The standard InChI is InChI=1S/C15H18F2N2O/c1-3-15(2)9-18-7-6-13(19(18)14(15)20)10-4-5-11(16)12(17)8-10/h4-5,8,13H,3,6-7,9H2,1-2H3/t13-,15-/m0/s1. The highest BCUT2D eigenvalue weighted by atomic mass is 19.2. The van der Waals surface area contributed by atoms with Crippen LogP contribution in [0.2, 0.25) is 0 Å². The predicted molar refractivity (Wildman–Crippen MR) is 70.5 cm³/mol. The van der Waals surface area contributed by atoms with Gasteiger partial charge in [-0.15, -0.1) is 0 Å². The van der Waals surface area contributed by atoms with Crippen molar-refractivity contribution >= 4 is 5.91 Å². The van der Waals surface area contributed by atoms with Crippen LogP contribution in [0.3, 0.4) is 0 Å². The van der Waals surface area contributed by atoms with E-state index >= 15 is 0 Å². The van der Waals surface area contributed by atoms with Crippen LogP contribution in [0, 0.1) is 17.0 Å². The van der Waals surface area contributed by atoms with Gasteiger partial charge in [0.15, 0.2) is 11.6 Å². The van der Waals surface area contributed by atoms with Crippen molar-refractivity contribution in [3.05, 3.63) is 35.4 Å². The Bertz CT molecular complexity index is 563. The first-order chi connectivity index (χ1) is 9.46. The largest absolute Gasteiger partial charge is 0.273 e. The first-order valence-corrected chi connectivity index (χ1v) is 7.00. The number of halogens is 2. The summed E-state index contributed by atoms with van der Waals surface area (Å²) in [5, 5.41) is 3.79. The number of benzene rings is 1. The molecule has 2 fully saturated rings. The molecule has 0 aliphatic carbocycles. The average molecular weight is 280 g/mol. The van der Waals surface area contributed by atoms with Crippen molar-refractivity contribution in [2.75, 3.05) is 13.1 Å². The number of hydrogen-bond acceptors (Lipinski definition) is 2. The van der Waals surface area contributed by atoms with E-state index in [1.165, 1.54) is 6.07 Å². The first-order valence-electron chi connectivity index (χ1n) is 7.00. The predicted octanol–water partition coefficient (Wildman–Crippen LogP) is 2.89. The van der Waals surface area contributed by atoms with Gasteiger partial charge >= 0.3 is 0 Å². The Morgan fingerprint density at radius 3 is 2.75 bits per heavy atom. The monoisotopic (exact) mass is 280 g/mol. The maximum atomic E-state index is 13.4. The van der Waals surface area contributed by atoms with Crippen LogP contribution in [-0.4, -0.2) is 29.0 Å². The molecule has 2 aliphatic rings. The summed E-state index contributed by atoms with van der Waals surface area (Å²) in [5.74, 6) is -1.62. The number of fused-ring (bicyclic) bond motifs is 1. The molecule has 2 aliphatic heterocycles. The molecular weight excluding hydrogens is 262 g/mol. The van der Waals surface area contributed by atoms with Crippen molar-refractivity contribution in [2.45, 2.75) is 32.7 Å². The zero-order valence-corrected chi connectivity index (χ0v) is 11.7. The fraction of sp³-hybridized carbons (Fsp3) is 0.533. The number of nitrogens with zero attached hydrogens (tertiary/aromatic N) is 2. The number of hydrogen-bond donors (Lipinski definition) is 0. The van der Waals surface area contributed by atoms with Gasteiger partial charge in [0.05, 0.1) is 11.5 Å². The Kier molecular flexibility index (Phi) is 3.05. The van der Waals surface area contributed by atoms with E-state index in [4.69, 9.17) is 0 Å². The molecule has 2 heterocycles. The molecule has 5 heteroatoms. The van der Waals surface area contributed by atoms with Gasteiger partial charge in [-0.25, -0.2) is 13.8 Å². The van der Waals surface area contributed by atoms with E-state index < -0.39 is 11.6 Å². The fourth-order valence-electron chi connectivity index (χ4n) is 3.16. The summed E-state index contributed by atoms with van der Waals surface area (Å²) < 4.78 is 26.4. The minimum Gasteiger partial charge on any atom is -0.273 e. The van der Waals surface area contributed by atoms with Gasteiger partial charge in [-0.1, -0.05) is 13.0 Å². The summed E-state index contributed by atoms with van der Waals surface area (Å²) in [6.45, 7) is 5.47. The summed E-state index contributed by atoms with van der Waals surface area (Å²) in [4.78, 5) is 12.6. The van der Waals surface area contributed by atoms with Crippen molar-refractivity contribution < 1.29 is 13.6 Å². The maximum Gasteiger partial charge on any atom is 0.244 e. The lowest BCUT2D eigenvalue weighted by atomic mass is 9.87. The maximum absolute atomic E-state index is 13.4. The number of rotatable bonds is 2. The molecule has 108 valence electrons. The van der Waals surface area contributed by atoms with E-state index in [-0.39, 0.29) is 17.4 Å². The molecule has 1 aromatic carbocycles. The SMILES string of the molecule is CC[C@@]1(C)CN2CC[C@@H](c3ccc(F)c(F)c3)N2C1=O. The lowest BCUT2D eigenvalue weighted by Crippen LogP contribution is -2.36. The molecular formula is C15H18F2N2O. The quantitative estimate of drug-likeness (QED) is 0.831. The number of hydrazine groups is 1. The molecule has 0 spiro atoms. The lowest BCUT2D eigenvalue weighted by molar-refractivity contribution is -0.142. The second kappa shape index (κ2) is 4.52. The van der Waals surface area contributed by atoms with Gasteiger partial charge in [-0.2, -0.15) is 0 Å². The summed E-state index contributed by atoms with van der Waals surface area (Å²) in [6, 6.07) is 3.73. The Hall–Kier alpha value is -1.49. The molecule has 1 amide bonds. The second-order valence-electron chi connectivity index (χ2n) is 5.93. The molecule has 0 aromatic heterocycles. The Morgan fingerprint density at radius 2 is 2.10 bits per heavy atom. The van der Waals surface area contributed by atoms with Gasteiger partial charge in [0.1, 0.15) is 0 Å². The number of carbonyl (C=O) groups is 1. The molecule has 20 heavy (non-hydrogen) atoms. The normalized spacial score (nSPS) is 30.1. The van der Waals surface area contributed by atoms with Crippen LogP contribution in [0.15, 0.2) is 18.2 Å². The molecule has 0 bridgehead atoms. The fourth-order valence-corrected chi connectivity index (χ4v) is 3.16. The molecule has 2 atom stereocenters. The van der Waals surface area contributed by atoms with Crippen molar-refractivity contribution in [2.24, 2.45) is 5.41 Å². The third-order valence-electron chi connectivity index (χ3n) is 4.63. The number of carbonyl (C=O) groups excluding carboxylic acids is 1. The van der Waals surface area contributed by atoms with Crippen LogP contribution in [0.1, 0.15) is 38.3 Å². The zero-order valence-electron chi connectivity index (χ0n) is 11.7.